The Labute approximate surface area is 162 Å². The fraction of sp³-hybridized carbons (Fsp3) is 0.150. The highest BCUT2D eigenvalue weighted by Gasteiger charge is 2.12. The number of anilines is 2. The summed E-state index contributed by atoms with van der Waals surface area (Å²) in [4.78, 5) is 12.3. The maximum atomic E-state index is 12.3. The van der Waals surface area contributed by atoms with E-state index in [4.69, 9.17) is 16.3 Å². The zero-order valence-corrected chi connectivity index (χ0v) is 15.5. The number of aromatic nitrogens is 2. The summed E-state index contributed by atoms with van der Waals surface area (Å²) in [5, 5.41) is 14.7. The van der Waals surface area contributed by atoms with Gasteiger partial charge in [0.05, 0.1) is 12.7 Å². The second-order valence-electron chi connectivity index (χ2n) is 5.76. The Balaban J connectivity index is 1.54. The van der Waals surface area contributed by atoms with Crippen LogP contribution in [-0.4, -0.2) is 29.8 Å². The Morgan fingerprint density at radius 1 is 1.04 bits per heavy atom. The molecule has 0 aliphatic heterocycles. The van der Waals surface area contributed by atoms with Gasteiger partial charge < -0.3 is 15.4 Å². The highest BCUT2D eigenvalue weighted by molar-refractivity contribution is 6.30. The third kappa shape index (κ3) is 5.18. The number of carbonyl (C=O) groups is 1. The molecule has 0 atom stereocenters. The molecule has 27 heavy (non-hydrogen) atoms. The van der Waals surface area contributed by atoms with Crippen molar-refractivity contribution >= 4 is 29.1 Å². The van der Waals surface area contributed by atoms with Gasteiger partial charge in [-0.3, -0.25) is 4.79 Å². The monoisotopic (exact) mass is 382 g/mol. The first-order valence-electron chi connectivity index (χ1n) is 8.42. The molecular formula is C20H19ClN4O2. The lowest BCUT2D eigenvalue weighted by Gasteiger charge is -2.09. The van der Waals surface area contributed by atoms with Crippen molar-refractivity contribution < 1.29 is 9.53 Å². The van der Waals surface area contributed by atoms with Crippen molar-refractivity contribution in [2.24, 2.45) is 0 Å². The molecule has 0 saturated heterocycles. The number of methoxy groups -OCH3 is 1. The molecule has 1 aromatic heterocycles. The van der Waals surface area contributed by atoms with Crippen LogP contribution in [0.2, 0.25) is 5.02 Å². The fourth-order valence-corrected chi connectivity index (χ4v) is 2.75. The van der Waals surface area contributed by atoms with Crippen molar-refractivity contribution in [1.29, 1.82) is 0 Å². The number of halogens is 1. The number of hydrogen-bond acceptors (Lipinski definition) is 5. The van der Waals surface area contributed by atoms with E-state index in [1.54, 1.807) is 36.4 Å². The van der Waals surface area contributed by atoms with Gasteiger partial charge in [-0.05, 0) is 48.4 Å². The summed E-state index contributed by atoms with van der Waals surface area (Å²) < 4.78 is 5.20. The molecular weight excluding hydrogens is 364 g/mol. The number of nitrogens with zero attached hydrogens (tertiary/aromatic N) is 2. The van der Waals surface area contributed by atoms with Crippen LogP contribution in [0, 0.1) is 0 Å². The third-order valence-corrected chi connectivity index (χ3v) is 4.10. The summed E-state index contributed by atoms with van der Waals surface area (Å²) in [5.74, 6) is 1.20. The van der Waals surface area contributed by atoms with Gasteiger partial charge in [0.25, 0.3) is 5.91 Å². The first-order valence-corrected chi connectivity index (χ1v) is 8.80. The second-order valence-corrected chi connectivity index (χ2v) is 6.20. The Kier molecular flexibility index (Phi) is 6.22. The number of ether oxygens (including phenoxy) is 1. The van der Waals surface area contributed by atoms with Gasteiger partial charge >= 0.3 is 0 Å². The van der Waals surface area contributed by atoms with Crippen molar-refractivity contribution in [1.82, 2.24) is 10.2 Å². The normalized spacial score (nSPS) is 10.3. The van der Waals surface area contributed by atoms with Gasteiger partial charge in [-0.2, -0.15) is 0 Å². The zero-order chi connectivity index (χ0) is 19.1. The standard InChI is InChI=1S/C20H19ClN4O2/c1-27-17-8-3-2-7-16(17)20(26)23-19-10-9-18(24-25-19)22-12-11-14-5-4-6-15(21)13-14/h2-10,13H,11-12H2,1H3,(H,22,24)(H,23,25,26). The summed E-state index contributed by atoms with van der Waals surface area (Å²) in [6, 6.07) is 18.2. The van der Waals surface area contributed by atoms with Crippen molar-refractivity contribution in [3.05, 3.63) is 76.8 Å². The molecule has 0 unspecified atom stereocenters. The molecule has 1 amide bonds. The topological polar surface area (TPSA) is 76.1 Å². The van der Waals surface area contributed by atoms with Gasteiger partial charge in [0.2, 0.25) is 0 Å². The van der Waals surface area contributed by atoms with E-state index in [9.17, 15) is 4.79 Å². The Morgan fingerprint density at radius 3 is 2.56 bits per heavy atom. The van der Waals surface area contributed by atoms with E-state index in [-0.39, 0.29) is 5.91 Å². The quantitative estimate of drug-likeness (QED) is 0.644. The predicted molar refractivity (Wildman–Crippen MR) is 107 cm³/mol. The molecule has 0 radical (unpaired) electrons. The molecule has 3 rings (SSSR count). The van der Waals surface area contributed by atoms with Crippen molar-refractivity contribution in [3.63, 3.8) is 0 Å². The SMILES string of the molecule is COc1ccccc1C(=O)Nc1ccc(NCCc2cccc(Cl)c2)nn1. The first kappa shape index (κ1) is 18.7. The van der Waals surface area contributed by atoms with Gasteiger partial charge in [-0.15, -0.1) is 10.2 Å². The van der Waals surface area contributed by atoms with E-state index in [1.807, 2.05) is 24.3 Å². The van der Waals surface area contributed by atoms with Crippen LogP contribution < -0.4 is 15.4 Å². The summed E-state index contributed by atoms with van der Waals surface area (Å²) in [5.41, 5.74) is 1.58. The van der Waals surface area contributed by atoms with Gasteiger partial charge in [-0.25, -0.2) is 0 Å². The molecule has 2 N–H and O–H groups in total. The van der Waals surface area contributed by atoms with Crippen LogP contribution in [0.15, 0.2) is 60.7 Å². The molecule has 0 spiro atoms. The molecule has 6 nitrogen and oxygen atoms in total. The first-order chi connectivity index (χ1) is 13.2. The van der Waals surface area contributed by atoms with Crippen LogP contribution in [0.4, 0.5) is 11.6 Å². The summed E-state index contributed by atoms with van der Waals surface area (Å²) in [6.07, 6.45) is 0.814. The van der Waals surface area contributed by atoms with Gasteiger partial charge in [0.1, 0.15) is 11.6 Å². The molecule has 0 aliphatic rings. The molecule has 7 heteroatoms. The lowest BCUT2D eigenvalue weighted by Crippen LogP contribution is -2.15. The van der Waals surface area contributed by atoms with E-state index in [1.165, 1.54) is 7.11 Å². The zero-order valence-electron chi connectivity index (χ0n) is 14.8. The average Bonchev–Trinajstić information content (AvgIpc) is 2.69. The number of carbonyl (C=O) groups excluding carboxylic acids is 1. The molecule has 2 aromatic carbocycles. The maximum absolute atomic E-state index is 12.3. The Morgan fingerprint density at radius 2 is 1.81 bits per heavy atom. The van der Waals surface area contributed by atoms with Crippen LogP contribution in [0.1, 0.15) is 15.9 Å². The minimum atomic E-state index is -0.302. The minimum Gasteiger partial charge on any atom is -0.496 e. The fourth-order valence-electron chi connectivity index (χ4n) is 2.54. The number of rotatable bonds is 7. The van der Waals surface area contributed by atoms with Crippen LogP contribution in [0.3, 0.4) is 0 Å². The van der Waals surface area contributed by atoms with Crippen LogP contribution >= 0.6 is 11.6 Å². The number of benzene rings is 2. The van der Waals surface area contributed by atoms with E-state index < -0.39 is 0 Å². The molecule has 0 bridgehead atoms. The van der Waals surface area contributed by atoms with Gasteiger partial charge in [-0.1, -0.05) is 35.9 Å². The molecule has 0 aliphatic carbocycles. The lowest BCUT2D eigenvalue weighted by molar-refractivity contribution is 0.102. The predicted octanol–water partition coefficient (Wildman–Crippen LogP) is 4.05. The summed E-state index contributed by atoms with van der Waals surface area (Å²) >= 11 is 5.98. The van der Waals surface area contributed by atoms with E-state index in [0.29, 0.717) is 29.5 Å². The number of hydrogen-bond donors (Lipinski definition) is 2. The molecule has 3 aromatic rings. The summed E-state index contributed by atoms with van der Waals surface area (Å²) in [6.45, 7) is 0.696. The highest BCUT2D eigenvalue weighted by Crippen LogP contribution is 2.18. The molecule has 138 valence electrons. The van der Waals surface area contributed by atoms with Crippen LogP contribution in [0.25, 0.3) is 0 Å². The molecule has 0 saturated carbocycles. The number of para-hydroxylation sites is 1. The van der Waals surface area contributed by atoms with Crippen molar-refractivity contribution in [3.8, 4) is 5.75 Å². The molecule has 0 fully saturated rings. The Hall–Kier alpha value is -3.12. The lowest BCUT2D eigenvalue weighted by atomic mass is 10.1. The molecule has 1 heterocycles. The number of nitrogens with one attached hydrogen (secondary N) is 2. The third-order valence-electron chi connectivity index (χ3n) is 3.87. The van der Waals surface area contributed by atoms with Crippen molar-refractivity contribution in [2.75, 3.05) is 24.3 Å². The van der Waals surface area contributed by atoms with Gasteiger partial charge in [0, 0.05) is 11.6 Å². The van der Waals surface area contributed by atoms with E-state index >= 15 is 0 Å². The average molecular weight is 383 g/mol. The van der Waals surface area contributed by atoms with E-state index in [0.717, 1.165) is 17.0 Å². The summed E-state index contributed by atoms with van der Waals surface area (Å²) in [7, 11) is 1.52. The smallest absolute Gasteiger partial charge is 0.260 e. The maximum Gasteiger partial charge on any atom is 0.260 e. The minimum absolute atomic E-state index is 0.302. The van der Waals surface area contributed by atoms with Crippen LogP contribution in [-0.2, 0) is 6.42 Å². The largest absolute Gasteiger partial charge is 0.496 e. The van der Waals surface area contributed by atoms with Gasteiger partial charge in [0.15, 0.2) is 5.82 Å². The second kappa shape index (κ2) is 9.00. The highest BCUT2D eigenvalue weighted by atomic mass is 35.5. The number of amides is 1. The van der Waals surface area contributed by atoms with E-state index in [2.05, 4.69) is 20.8 Å². The Bertz CT molecular complexity index is 916. The van der Waals surface area contributed by atoms with Crippen molar-refractivity contribution in [2.45, 2.75) is 6.42 Å². The van der Waals surface area contributed by atoms with Crippen LogP contribution in [0.5, 0.6) is 5.75 Å².